The van der Waals surface area contributed by atoms with Crippen LogP contribution in [0.5, 0.6) is 0 Å². The third kappa shape index (κ3) is 4.21. The molecule has 2 rings (SSSR count). The number of pyridine rings is 1. The minimum absolute atomic E-state index is 0.417. The van der Waals surface area contributed by atoms with Gasteiger partial charge in [-0.15, -0.1) is 11.3 Å². The lowest BCUT2D eigenvalue weighted by molar-refractivity contribution is 0.795. The van der Waals surface area contributed by atoms with Crippen molar-refractivity contribution in [3.63, 3.8) is 0 Å². The predicted molar refractivity (Wildman–Crippen MR) is 82.0 cm³/mol. The zero-order chi connectivity index (χ0) is 13.5. The molecular weight excluding hydrogens is 256 g/mol. The van der Waals surface area contributed by atoms with E-state index in [9.17, 15) is 0 Å². The summed E-state index contributed by atoms with van der Waals surface area (Å²) in [4.78, 5) is 8.63. The van der Waals surface area contributed by atoms with E-state index >= 15 is 0 Å². The van der Waals surface area contributed by atoms with Crippen LogP contribution in [0.4, 0.5) is 11.5 Å². The fraction of sp³-hybridized carbons (Fsp3) is 0.429. The summed E-state index contributed by atoms with van der Waals surface area (Å²) in [6.07, 6.45) is 4.78. The first-order valence-electron chi connectivity index (χ1n) is 6.62. The summed E-state index contributed by atoms with van der Waals surface area (Å²) >= 11 is 1.70. The standard InChI is InChI=1S/C14H20N4S/c1-3-5-15-13-9-12(4-6-16-13)18-10-11(2)14-17-7-8-19-14/h4,6-9,11H,3,5,10H2,1-2H3,(H2,15,16,18). The monoisotopic (exact) mass is 276 g/mol. The van der Waals surface area contributed by atoms with Gasteiger partial charge in [0.25, 0.3) is 0 Å². The largest absolute Gasteiger partial charge is 0.384 e. The number of rotatable bonds is 7. The molecule has 102 valence electrons. The molecule has 0 aliphatic rings. The van der Waals surface area contributed by atoms with Crippen LogP contribution in [0.2, 0.25) is 0 Å². The summed E-state index contributed by atoms with van der Waals surface area (Å²) in [6.45, 7) is 6.16. The quantitative estimate of drug-likeness (QED) is 0.811. The van der Waals surface area contributed by atoms with Gasteiger partial charge < -0.3 is 10.6 Å². The molecule has 0 radical (unpaired) electrons. The van der Waals surface area contributed by atoms with Crippen LogP contribution < -0.4 is 10.6 Å². The normalized spacial score (nSPS) is 12.1. The molecule has 0 saturated heterocycles. The predicted octanol–water partition coefficient (Wildman–Crippen LogP) is 3.58. The van der Waals surface area contributed by atoms with E-state index in [2.05, 4.69) is 34.4 Å². The highest BCUT2D eigenvalue weighted by Crippen LogP contribution is 2.19. The Kier molecular flexibility index (Phi) is 5.15. The second-order valence-corrected chi connectivity index (χ2v) is 5.43. The molecule has 0 amide bonds. The lowest BCUT2D eigenvalue weighted by Crippen LogP contribution is -2.10. The Morgan fingerprint density at radius 2 is 2.16 bits per heavy atom. The molecule has 4 nitrogen and oxygen atoms in total. The maximum Gasteiger partial charge on any atom is 0.127 e. The van der Waals surface area contributed by atoms with Gasteiger partial charge in [-0.2, -0.15) is 0 Å². The Morgan fingerprint density at radius 1 is 1.26 bits per heavy atom. The van der Waals surface area contributed by atoms with Crippen LogP contribution >= 0.6 is 11.3 Å². The summed E-state index contributed by atoms with van der Waals surface area (Å²) in [5.41, 5.74) is 1.09. The van der Waals surface area contributed by atoms with Crippen LogP contribution in [0.1, 0.15) is 31.2 Å². The third-order valence-corrected chi connectivity index (χ3v) is 3.81. The molecule has 1 atom stereocenters. The lowest BCUT2D eigenvalue weighted by Gasteiger charge is -2.12. The van der Waals surface area contributed by atoms with E-state index < -0.39 is 0 Å². The highest BCUT2D eigenvalue weighted by molar-refractivity contribution is 7.09. The maximum absolute atomic E-state index is 4.34. The number of nitrogens with zero attached hydrogens (tertiary/aromatic N) is 2. The molecule has 19 heavy (non-hydrogen) atoms. The highest BCUT2D eigenvalue weighted by Gasteiger charge is 2.07. The summed E-state index contributed by atoms with van der Waals surface area (Å²) in [7, 11) is 0. The van der Waals surface area contributed by atoms with Crippen molar-refractivity contribution in [1.29, 1.82) is 0 Å². The van der Waals surface area contributed by atoms with Crippen LogP contribution in [-0.2, 0) is 0 Å². The molecule has 5 heteroatoms. The average molecular weight is 276 g/mol. The van der Waals surface area contributed by atoms with Crippen molar-refractivity contribution in [2.24, 2.45) is 0 Å². The Labute approximate surface area is 118 Å². The van der Waals surface area contributed by atoms with Crippen molar-refractivity contribution in [2.45, 2.75) is 26.2 Å². The molecule has 0 bridgehead atoms. The van der Waals surface area contributed by atoms with Gasteiger partial charge in [0.05, 0.1) is 5.01 Å². The van der Waals surface area contributed by atoms with E-state index in [1.807, 2.05) is 29.9 Å². The second kappa shape index (κ2) is 7.09. The molecule has 0 aliphatic heterocycles. The van der Waals surface area contributed by atoms with Crippen molar-refractivity contribution >= 4 is 22.8 Å². The van der Waals surface area contributed by atoms with E-state index in [0.717, 1.165) is 31.0 Å². The van der Waals surface area contributed by atoms with Gasteiger partial charge in [0.15, 0.2) is 0 Å². The van der Waals surface area contributed by atoms with Crippen LogP contribution in [0, 0.1) is 0 Å². The number of hydrogen-bond acceptors (Lipinski definition) is 5. The Morgan fingerprint density at radius 3 is 2.89 bits per heavy atom. The van der Waals surface area contributed by atoms with Gasteiger partial charge in [-0.05, 0) is 12.5 Å². The Hall–Kier alpha value is -1.62. The number of anilines is 2. The van der Waals surface area contributed by atoms with E-state index in [1.165, 1.54) is 5.01 Å². The molecule has 0 aromatic carbocycles. The molecular formula is C14H20N4S. The van der Waals surface area contributed by atoms with Crippen molar-refractivity contribution < 1.29 is 0 Å². The zero-order valence-electron chi connectivity index (χ0n) is 11.4. The van der Waals surface area contributed by atoms with E-state index in [4.69, 9.17) is 0 Å². The van der Waals surface area contributed by atoms with Gasteiger partial charge in [-0.25, -0.2) is 9.97 Å². The van der Waals surface area contributed by atoms with E-state index in [-0.39, 0.29) is 0 Å². The Bertz CT molecular complexity index is 484. The van der Waals surface area contributed by atoms with Gasteiger partial charge in [-0.3, -0.25) is 0 Å². The Balaban J connectivity index is 1.88. The van der Waals surface area contributed by atoms with Gasteiger partial charge >= 0.3 is 0 Å². The molecule has 0 spiro atoms. The third-order valence-electron chi connectivity index (χ3n) is 2.80. The summed E-state index contributed by atoms with van der Waals surface area (Å²) in [5, 5.41) is 9.92. The van der Waals surface area contributed by atoms with Crippen molar-refractivity contribution in [2.75, 3.05) is 23.7 Å². The fourth-order valence-electron chi connectivity index (χ4n) is 1.73. The number of hydrogen-bond donors (Lipinski definition) is 2. The van der Waals surface area contributed by atoms with Crippen LogP contribution in [0.3, 0.4) is 0 Å². The molecule has 0 fully saturated rings. The molecule has 2 N–H and O–H groups in total. The molecule has 1 unspecified atom stereocenters. The van der Waals surface area contributed by atoms with Crippen LogP contribution in [-0.4, -0.2) is 23.1 Å². The maximum atomic E-state index is 4.34. The van der Waals surface area contributed by atoms with Gasteiger partial charge in [0.2, 0.25) is 0 Å². The first kappa shape index (κ1) is 13.8. The SMILES string of the molecule is CCCNc1cc(NCC(C)c2nccs2)ccn1. The number of thiazole rings is 1. The number of nitrogens with one attached hydrogen (secondary N) is 2. The van der Waals surface area contributed by atoms with Crippen LogP contribution in [0.25, 0.3) is 0 Å². The average Bonchev–Trinajstić information content (AvgIpc) is 2.97. The molecule has 0 saturated carbocycles. The van der Waals surface area contributed by atoms with E-state index in [0.29, 0.717) is 5.92 Å². The minimum atomic E-state index is 0.417. The fourth-order valence-corrected chi connectivity index (χ4v) is 2.42. The molecule has 2 aromatic rings. The van der Waals surface area contributed by atoms with Gasteiger partial charge in [-0.1, -0.05) is 13.8 Å². The minimum Gasteiger partial charge on any atom is -0.384 e. The topological polar surface area (TPSA) is 49.8 Å². The lowest BCUT2D eigenvalue weighted by atomic mass is 10.2. The first-order valence-corrected chi connectivity index (χ1v) is 7.50. The first-order chi connectivity index (χ1) is 9.29. The van der Waals surface area contributed by atoms with E-state index in [1.54, 1.807) is 11.3 Å². The second-order valence-electron chi connectivity index (χ2n) is 4.51. The summed E-state index contributed by atoms with van der Waals surface area (Å²) in [5.74, 6) is 1.34. The summed E-state index contributed by atoms with van der Waals surface area (Å²) in [6, 6.07) is 4.04. The zero-order valence-corrected chi connectivity index (χ0v) is 12.2. The highest BCUT2D eigenvalue weighted by atomic mass is 32.1. The molecule has 2 aromatic heterocycles. The molecule has 2 heterocycles. The van der Waals surface area contributed by atoms with Crippen molar-refractivity contribution in [3.05, 3.63) is 34.9 Å². The van der Waals surface area contributed by atoms with Crippen LogP contribution in [0.15, 0.2) is 29.9 Å². The number of aromatic nitrogens is 2. The van der Waals surface area contributed by atoms with Gasteiger partial charge in [0, 0.05) is 48.5 Å². The van der Waals surface area contributed by atoms with Gasteiger partial charge in [0.1, 0.15) is 5.82 Å². The smallest absolute Gasteiger partial charge is 0.127 e. The summed E-state index contributed by atoms with van der Waals surface area (Å²) < 4.78 is 0. The van der Waals surface area contributed by atoms with Crippen molar-refractivity contribution in [3.8, 4) is 0 Å². The van der Waals surface area contributed by atoms with Crippen molar-refractivity contribution in [1.82, 2.24) is 9.97 Å². The molecule has 0 aliphatic carbocycles.